The van der Waals surface area contributed by atoms with Gasteiger partial charge in [0.1, 0.15) is 0 Å². The molecule has 0 aliphatic carbocycles. The van der Waals surface area contributed by atoms with E-state index in [0.29, 0.717) is 0 Å². The lowest BCUT2D eigenvalue weighted by Crippen LogP contribution is -2.67. The molecule has 19 heavy (non-hydrogen) atoms. The van der Waals surface area contributed by atoms with Crippen molar-refractivity contribution < 1.29 is 4.48 Å². The van der Waals surface area contributed by atoms with Crippen LogP contribution in [0.1, 0.15) is 64.7 Å². The number of hydrogen-bond donors (Lipinski definition) is 0. The SMILES string of the molecule is CCCCCCCCCCC[N+]12CCN(CC1)CC2. The Hall–Kier alpha value is -0.0800. The Morgan fingerprint density at radius 3 is 1.68 bits per heavy atom. The highest BCUT2D eigenvalue weighted by Crippen LogP contribution is 2.21. The third-order valence-corrected chi connectivity index (χ3v) is 5.41. The molecule has 0 unspecified atom stereocenters. The topological polar surface area (TPSA) is 3.24 Å². The number of rotatable bonds is 10. The average Bonchev–Trinajstić information content (AvgIpc) is 2.47. The molecule has 3 rings (SSSR count). The molecule has 0 amide bonds. The van der Waals surface area contributed by atoms with E-state index >= 15 is 0 Å². The van der Waals surface area contributed by atoms with Crippen LogP contribution in [0, 0.1) is 0 Å². The van der Waals surface area contributed by atoms with Gasteiger partial charge in [-0.2, -0.15) is 0 Å². The normalized spacial score (nSPS) is 29.8. The second-order valence-electron chi connectivity index (χ2n) is 6.91. The Bertz CT molecular complexity index is 218. The summed E-state index contributed by atoms with van der Waals surface area (Å²) in [5.41, 5.74) is 0. The third kappa shape index (κ3) is 5.07. The monoisotopic (exact) mass is 267 g/mol. The first-order valence-corrected chi connectivity index (χ1v) is 8.92. The molecule has 0 aromatic carbocycles. The second kappa shape index (κ2) is 8.26. The molecule has 0 aromatic rings. The fourth-order valence-corrected chi connectivity index (χ4v) is 3.82. The molecule has 3 fully saturated rings. The van der Waals surface area contributed by atoms with Crippen LogP contribution in [0.5, 0.6) is 0 Å². The summed E-state index contributed by atoms with van der Waals surface area (Å²) in [6.45, 7) is 12.2. The molecule has 0 radical (unpaired) electrons. The Labute approximate surface area is 120 Å². The summed E-state index contributed by atoms with van der Waals surface area (Å²) < 4.78 is 1.47. The highest BCUT2D eigenvalue weighted by Gasteiger charge is 2.37. The summed E-state index contributed by atoms with van der Waals surface area (Å²) in [4.78, 5) is 2.65. The molecule has 112 valence electrons. The molecular weight excluding hydrogens is 232 g/mol. The van der Waals surface area contributed by atoms with Crippen molar-refractivity contribution >= 4 is 0 Å². The lowest BCUT2D eigenvalue weighted by atomic mass is 10.1. The summed E-state index contributed by atoms with van der Waals surface area (Å²) in [7, 11) is 0. The van der Waals surface area contributed by atoms with Gasteiger partial charge in [0, 0.05) is 19.6 Å². The zero-order chi connectivity index (χ0) is 13.4. The second-order valence-corrected chi connectivity index (χ2v) is 6.91. The van der Waals surface area contributed by atoms with E-state index < -0.39 is 0 Å². The van der Waals surface area contributed by atoms with Gasteiger partial charge in [-0.25, -0.2) is 0 Å². The number of unbranched alkanes of at least 4 members (excludes halogenated alkanes) is 8. The predicted octanol–water partition coefficient (Wildman–Crippen LogP) is 3.66. The van der Waals surface area contributed by atoms with E-state index in [0.717, 1.165) is 0 Å². The van der Waals surface area contributed by atoms with Crippen LogP contribution >= 0.6 is 0 Å². The number of piperazine rings is 3. The van der Waals surface area contributed by atoms with E-state index in [9.17, 15) is 0 Å². The summed E-state index contributed by atoms with van der Waals surface area (Å²) in [5, 5.41) is 0. The molecular formula is C17H35N2+. The maximum atomic E-state index is 2.65. The van der Waals surface area contributed by atoms with Gasteiger partial charge in [0.2, 0.25) is 0 Å². The zero-order valence-corrected chi connectivity index (χ0v) is 13.2. The Balaban J connectivity index is 1.43. The van der Waals surface area contributed by atoms with Crippen molar-refractivity contribution in [3.8, 4) is 0 Å². The molecule has 2 bridgehead atoms. The lowest BCUT2D eigenvalue weighted by molar-refractivity contribution is -0.941. The first kappa shape index (κ1) is 15.3. The number of nitrogens with zero attached hydrogens (tertiary/aromatic N) is 2. The summed E-state index contributed by atoms with van der Waals surface area (Å²) >= 11 is 0. The lowest BCUT2D eigenvalue weighted by Gasteiger charge is -2.50. The van der Waals surface area contributed by atoms with E-state index in [1.807, 2.05) is 0 Å². The quantitative estimate of drug-likeness (QED) is 0.431. The molecule has 3 aliphatic heterocycles. The molecule has 2 nitrogen and oxygen atoms in total. The minimum atomic E-state index is 1.37. The fourth-order valence-electron chi connectivity index (χ4n) is 3.82. The van der Waals surface area contributed by atoms with Gasteiger partial charge in [-0.3, -0.25) is 4.90 Å². The van der Waals surface area contributed by atoms with Crippen LogP contribution in [0.3, 0.4) is 0 Å². The van der Waals surface area contributed by atoms with Gasteiger partial charge in [-0.05, 0) is 12.8 Å². The smallest absolute Gasteiger partial charge is 0.0916 e. The van der Waals surface area contributed by atoms with Gasteiger partial charge in [-0.1, -0.05) is 51.9 Å². The number of quaternary nitrogens is 1. The van der Waals surface area contributed by atoms with Crippen molar-refractivity contribution in [2.45, 2.75) is 64.7 Å². The zero-order valence-electron chi connectivity index (χ0n) is 13.2. The van der Waals surface area contributed by atoms with Crippen molar-refractivity contribution in [3.05, 3.63) is 0 Å². The van der Waals surface area contributed by atoms with Gasteiger partial charge < -0.3 is 4.48 Å². The van der Waals surface area contributed by atoms with Crippen LogP contribution in [0.25, 0.3) is 0 Å². The van der Waals surface area contributed by atoms with Crippen molar-refractivity contribution in [2.75, 3.05) is 45.8 Å². The van der Waals surface area contributed by atoms with Gasteiger partial charge in [0.05, 0.1) is 26.2 Å². The molecule has 3 heterocycles. The first-order valence-electron chi connectivity index (χ1n) is 8.92. The molecule has 2 heteroatoms. The van der Waals surface area contributed by atoms with Crippen LogP contribution in [0.4, 0.5) is 0 Å². The van der Waals surface area contributed by atoms with Gasteiger partial charge in [0.25, 0.3) is 0 Å². The van der Waals surface area contributed by atoms with Crippen molar-refractivity contribution in [1.29, 1.82) is 0 Å². The number of hydrogen-bond acceptors (Lipinski definition) is 1. The van der Waals surface area contributed by atoms with Crippen LogP contribution in [-0.4, -0.2) is 55.2 Å². The minimum absolute atomic E-state index is 1.37. The van der Waals surface area contributed by atoms with Gasteiger partial charge in [-0.15, -0.1) is 0 Å². The molecule has 0 atom stereocenters. The minimum Gasteiger partial charge on any atom is -0.320 e. The maximum Gasteiger partial charge on any atom is 0.0916 e. The summed E-state index contributed by atoms with van der Waals surface area (Å²) in [6.07, 6.45) is 13.2. The Morgan fingerprint density at radius 1 is 0.684 bits per heavy atom. The van der Waals surface area contributed by atoms with Gasteiger partial charge in [0.15, 0.2) is 0 Å². The van der Waals surface area contributed by atoms with Crippen LogP contribution in [-0.2, 0) is 0 Å². The van der Waals surface area contributed by atoms with E-state index in [1.54, 1.807) is 0 Å². The maximum absolute atomic E-state index is 2.65. The number of fused-ring (bicyclic) bond motifs is 3. The standard InChI is InChI=1S/C17H35N2/c1-2-3-4-5-6-7-8-9-10-14-19-15-11-18(12-16-19)13-17-19/h2-17H2,1H3/q+1. The first-order chi connectivity index (χ1) is 9.35. The third-order valence-electron chi connectivity index (χ3n) is 5.41. The van der Waals surface area contributed by atoms with Gasteiger partial charge >= 0.3 is 0 Å². The van der Waals surface area contributed by atoms with E-state index in [2.05, 4.69) is 11.8 Å². The molecule has 0 N–H and O–H groups in total. The average molecular weight is 267 g/mol. The highest BCUT2D eigenvalue weighted by atomic mass is 15.4. The molecule has 0 aromatic heterocycles. The Morgan fingerprint density at radius 2 is 1.16 bits per heavy atom. The van der Waals surface area contributed by atoms with E-state index in [4.69, 9.17) is 0 Å². The van der Waals surface area contributed by atoms with Crippen molar-refractivity contribution in [2.24, 2.45) is 0 Å². The van der Waals surface area contributed by atoms with Crippen LogP contribution < -0.4 is 0 Å². The molecule has 0 saturated carbocycles. The summed E-state index contributed by atoms with van der Waals surface area (Å²) in [6, 6.07) is 0. The molecule has 3 saturated heterocycles. The van der Waals surface area contributed by atoms with Crippen molar-refractivity contribution in [1.82, 2.24) is 4.90 Å². The summed E-state index contributed by atoms with van der Waals surface area (Å²) in [5.74, 6) is 0. The highest BCUT2D eigenvalue weighted by molar-refractivity contribution is 4.70. The Kier molecular flexibility index (Phi) is 6.66. The van der Waals surface area contributed by atoms with Crippen LogP contribution in [0.15, 0.2) is 0 Å². The predicted molar refractivity (Wildman–Crippen MR) is 83.4 cm³/mol. The van der Waals surface area contributed by atoms with E-state index in [-0.39, 0.29) is 0 Å². The fraction of sp³-hybridized carbons (Fsp3) is 1.00. The largest absolute Gasteiger partial charge is 0.320 e. The molecule has 3 aliphatic rings. The molecule has 0 spiro atoms. The van der Waals surface area contributed by atoms with Crippen LogP contribution in [0.2, 0.25) is 0 Å². The van der Waals surface area contributed by atoms with Crippen molar-refractivity contribution in [3.63, 3.8) is 0 Å². The van der Waals surface area contributed by atoms with E-state index in [1.165, 1.54) is 108 Å².